The Morgan fingerprint density at radius 1 is 1.33 bits per heavy atom. The zero-order chi connectivity index (χ0) is 24.0. The first-order valence-corrected chi connectivity index (χ1v) is 12.5. The molecule has 184 valence electrons. The van der Waals surface area contributed by atoms with Gasteiger partial charge in [0.05, 0.1) is 25.0 Å². The molecular weight excluding hydrogens is 446 g/mol. The number of aliphatic hydroxyl groups is 2. The van der Waals surface area contributed by atoms with E-state index in [2.05, 4.69) is 27.2 Å². The number of rotatable bonds is 12. The number of thioether (sulfide) groups is 1. The molecule has 1 aliphatic rings. The summed E-state index contributed by atoms with van der Waals surface area (Å²) >= 11 is 1.65. The second-order valence-electron chi connectivity index (χ2n) is 8.43. The smallest absolute Gasteiger partial charge is 0.238 e. The Morgan fingerprint density at radius 3 is 2.82 bits per heavy atom. The first-order chi connectivity index (χ1) is 15.9. The molecule has 5 atom stereocenters. The van der Waals surface area contributed by atoms with Crippen LogP contribution in [0.5, 0.6) is 0 Å². The van der Waals surface area contributed by atoms with E-state index in [0.717, 1.165) is 12.2 Å². The molecule has 33 heavy (non-hydrogen) atoms. The Morgan fingerprint density at radius 2 is 2.12 bits per heavy atom. The van der Waals surface area contributed by atoms with E-state index in [9.17, 15) is 15.0 Å². The molecule has 0 bridgehead atoms. The first kappa shape index (κ1) is 25.6. The summed E-state index contributed by atoms with van der Waals surface area (Å²) in [6.45, 7) is 1.80. The Bertz CT molecular complexity index is 912. The molecule has 1 saturated heterocycles. The maximum absolute atomic E-state index is 12.7. The van der Waals surface area contributed by atoms with Crippen LogP contribution in [0.1, 0.15) is 38.8 Å². The van der Waals surface area contributed by atoms with E-state index in [0.29, 0.717) is 22.7 Å². The van der Waals surface area contributed by atoms with Gasteiger partial charge >= 0.3 is 0 Å². The molecule has 1 fully saturated rings. The molecule has 12 heteroatoms. The highest BCUT2D eigenvalue weighted by Crippen LogP contribution is 2.32. The van der Waals surface area contributed by atoms with Crippen LogP contribution in [0.3, 0.4) is 0 Å². The first-order valence-electron chi connectivity index (χ1n) is 11.3. The van der Waals surface area contributed by atoms with Crippen LogP contribution >= 0.6 is 11.8 Å². The van der Waals surface area contributed by atoms with Crippen LogP contribution in [0.2, 0.25) is 0 Å². The number of nitrogens with two attached hydrogens (primary N) is 1. The molecule has 0 aromatic carbocycles. The lowest BCUT2D eigenvalue weighted by Crippen LogP contribution is -2.53. The van der Waals surface area contributed by atoms with Gasteiger partial charge in [-0.25, -0.2) is 15.0 Å². The summed E-state index contributed by atoms with van der Waals surface area (Å²) in [5.74, 6) is 1.70. The average molecular weight is 482 g/mol. The van der Waals surface area contributed by atoms with E-state index in [4.69, 9.17) is 10.5 Å². The van der Waals surface area contributed by atoms with Crippen molar-refractivity contribution in [3.8, 4) is 0 Å². The number of carbonyl (C=O) groups is 1. The Kier molecular flexibility index (Phi) is 9.27. The number of nitrogens with one attached hydrogen (secondary N) is 1. The highest BCUT2D eigenvalue weighted by molar-refractivity contribution is 7.99. The number of ether oxygens (including phenoxy) is 1. The molecule has 0 unspecified atom stereocenters. The Balaban J connectivity index is 1.65. The van der Waals surface area contributed by atoms with Crippen molar-refractivity contribution in [3.63, 3.8) is 0 Å². The molecule has 11 nitrogen and oxygen atoms in total. The van der Waals surface area contributed by atoms with Gasteiger partial charge in [-0.1, -0.05) is 26.2 Å². The summed E-state index contributed by atoms with van der Waals surface area (Å²) in [6.07, 6.45) is 4.80. The molecule has 1 aliphatic heterocycles. The number of hydrogen-bond donors (Lipinski definition) is 4. The molecule has 0 spiro atoms. The number of imidazole rings is 1. The number of aromatic nitrogens is 4. The predicted molar refractivity (Wildman–Crippen MR) is 128 cm³/mol. The van der Waals surface area contributed by atoms with E-state index in [1.807, 2.05) is 19.0 Å². The quantitative estimate of drug-likeness (QED) is 0.311. The van der Waals surface area contributed by atoms with Gasteiger partial charge in [0.1, 0.15) is 18.5 Å². The average Bonchev–Trinajstić information content (AvgIpc) is 3.36. The fourth-order valence-electron chi connectivity index (χ4n) is 3.85. The van der Waals surface area contributed by atoms with Crippen molar-refractivity contribution in [2.24, 2.45) is 5.73 Å². The second kappa shape index (κ2) is 11.9. The molecule has 2 aromatic heterocycles. The minimum absolute atomic E-state index is 0.371. The summed E-state index contributed by atoms with van der Waals surface area (Å²) in [6, 6.07) is -1.53. The number of hydrogen-bond acceptors (Lipinski definition) is 10. The predicted octanol–water partition coefficient (Wildman–Crippen LogP) is 0.269. The van der Waals surface area contributed by atoms with Crippen molar-refractivity contribution < 1.29 is 19.7 Å². The van der Waals surface area contributed by atoms with Crippen LogP contribution in [0, 0.1) is 0 Å². The standard InChI is InChI=1S/C21H35N7O4S/c1-4-5-6-7-8-33-10-13(22)20(31)26-15-14(9-29)32-21(17(15)30)28-12-25-16-18(27(2)3)23-11-24-19(16)28/h11-15,17,21,29-30H,4-10,22H2,1-3H3,(H,26,31)/t13-,14+,15+,17+,21+/m0/s1. The van der Waals surface area contributed by atoms with Gasteiger partial charge in [0.25, 0.3) is 0 Å². The summed E-state index contributed by atoms with van der Waals surface area (Å²) < 4.78 is 7.49. The number of carbonyl (C=O) groups excluding carboxylic acids is 1. The number of fused-ring (bicyclic) bond motifs is 1. The van der Waals surface area contributed by atoms with Crippen LogP contribution in [-0.4, -0.2) is 92.1 Å². The van der Waals surface area contributed by atoms with Gasteiger partial charge in [-0.05, 0) is 12.2 Å². The van der Waals surface area contributed by atoms with E-state index < -0.39 is 30.5 Å². The van der Waals surface area contributed by atoms with Gasteiger partial charge in [-0.15, -0.1) is 0 Å². The topological polar surface area (TPSA) is 152 Å². The third-order valence-electron chi connectivity index (χ3n) is 5.68. The number of amides is 1. The van der Waals surface area contributed by atoms with Crippen LogP contribution in [0.4, 0.5) is 5.82 Å². The highest BCUT2D eigenvalue weighted by atomic mass is 32.2. The van der Waals surface area contributed by atoms with Crippen LogP contribution in [0.15, 0.2) is 12.7 Å². The van der Waals surface area contributed by atoms with Crippen molar-refractivity contribution in [2.45, 2.75) is 63.1 Å². The maximum atomic E-state index is 12.7. The van der Waals surface area contributed by atoms with Crippen molar-refractivity contribution >= 4 is 34.7 Å². The summed E-state index contributed by atoms with van der Waals surface area (Å²) in [5, 5.41) is 23.6. The number of unbranched alkanes of at least 4 members (excludes halogenated alkanes) is 3. The zero-order valence-corrected chi connectivity index (χ0v) is 20.2. The van der Waals surface area contributed by atoms with Gasteiger partial charge in [-0.3, -0.25) is 9.36 Å². The van der Waals surface area contributed by atoms with Gasteiger partial charge in [0.2, 0.25) is 5.91 Å². The minimum atomic E-state index is -1.13. The van der Waals surface area contributed by atoms with Crippen LogP contribution in [-0.2, 0) is 9.53 Å². The van der Waals surface area contributed by atoms with E-state index >= 15 is 0 Å². The number of anilines is 1. The summed E-state index contributed by atoms with van der Waals surface area (Å²) in [7, 11) is 3.70. The maximum Gasteiger partial charge on any atom is 0.238 e. The van der Waals surface area contributed by atoms with Crippen molar-refractivity contribution in [1.29, 1.82) is 0 Å². The van der Waals surface area contributed by atoms with Gasteiger partial charge in [0.15, 0.2) is 23.2 Å². The Labute approximate surface area is 198 Å². The lowest BCUT2D eigenvalue weighted by atomic mass is 10.1. The van der Waals surface area contributed by atoms with Crippen LogP contribution in [0.25, 0.3) is 11.2 Å². The second-order valence-corrected chi connectivity index (χ2v) is 9.58. The molecule has 0 radical (unpaired) electrons. The molecule has 1 amide bonds. The lowest BCUT2D eigenvalue weighted by molar-refractivity contribution is -0.123. The van der Waals surface area contributed by atoms with Crippen molar-refractivity contribution in [1.82, 2.24) is 24.8 Å². The lowest BCUT2D eigenvalue weighted by Gasteiger charge is -2.22. The highest BCUT2D eigenvalue weighted by Gasteiger charge is 2.46. The van der Waals surface area contributed by atoms with E-state index in [1.165, 1.54) is 31.9 Å². The van der Waals surface area contributed by atoms with E-state index in [1.54, 1.807) is 16.3 Å². The molecule has 2 aromatic rings. The largest absolute Gasteiger partial charge is 0.394 e. The van der Waals surface area contributed by atoms with Crippen molar-refractivity contribution in [3.05, 3.63) is 12.7 Å². The minimum Gasteiger partial charge on any atom is -0.394 e. The normalized spacial score (nSPS) is 23.7. The molecule has 0 saturated carbocycles. The molecule has 0 aliphatic carbocycles. The number of aliphatic hydroxyl groups excluding tert-OH is 2. The van der Waals surface area contributed by atoms with Gasteiger partial charge < -0.3 is 30.9 Å². The van der Waals surface area contributed by atoms with Gasteiger partial charge in [-0.2, -0.15) is 11.8 Å². The number of nitrogens with zero attached hydrogens (tertiary/aromatic N) is 5. The zero-order valence-electron chi connectivity index (χ0n) is 19.4. The fourth-order valence-corrected chi connectivity index (χ4v) is 4.83. The summed E-state index contributed by atoms with van der Waals surface area (Å²) in [5.41, 5.74) is 7.11. The van der Waals surface area contributed by atoms with Crippen LogP contribution < -0.4 is 16.0 Å². The monoisotopic (exact) mass is 481 g/mol. The van der Waals surface area contributed by atoms with Crippen molar-refractivity contribution in [2.75, 3.05) is 37.1 Å². The van der Waals surface area contributed by atoms with Gasteiger partial charge in [0, 0.05) is 19.8 Å². The third-order valence-corrected chi connectivity index (χ3v) is 6.85. The fraction of sp³-hybridized carbons (Fsp3) is 0.714. The Hall–Kier alpha value is -1.99. The molecular formula is C21H35N7O4S. The SMILES string of the molecule is CCCCCCSC[C@H](N)C(=O)N[C@H]1[C@@H](O)[C@H](n2cnc3c(N(C)C)ncnc32)O[C@@H]1CO. The molecule has 5 N–H and O–H groups in total. The summed E-state index contributed by atoms with van der Waals surface area (Å²) in [4.78, 5) is 27.4. The molecule has 3 rings (SSSR count). The third kappa shape index (κ3) is 5.93. The van der Waals surface area contributed by atoms with E-state index in [-0.39, 0.29) is 12.5 Å². The molecule has 3 heterocycles.